The highest BCUT2D eigenvalue weighted by molar-refractivity contribution is 5.91. The molecular weight excluding hydrogens is 214 g/mol. The summed E-state index contributed by atoms with van der Waals surface area (Å²) in [4.78, 5) is 17.6. The molecule has 0 spiro atoms. The summed E-state index contributed by atoms with van der Waals surface area (Å²) in [6.45, 7) is 6.93. The van der Waals surface area contributed by atoms with Gasteiger partial charge < -0.3 is 5.32 Å². The van der Waals surface area contributed by atoms with Gasteiger partial charge >= 0.3 is 0 Å². The molecule has 0 fully saturated rings. The number of pyridine rings is 1. The molecule has 17 heavy (non-hydrogen) atoms. The second-order valence-corrected chi connectivity index (χ2v) is 5.07. The lowest BCUT2D eigenvalue weighted by Crippen LogP contribution is -2.39. The van der Waals surface area contributed by atoms with Crippen molar-refractivity contribution in [3.8, 4) is 0 Å². The van der Waals surface area contributed by atoms with Crippen LogP contribution < -0.4 is 10.2 Å². The van der Waals surface area contributed by atoms with Gasteiger partial charge in [0.25, 0.3) is 0 Å². The van der Waals surface area contributed by atoms with E-state index in [0.29, 0.717) is 18.8 Å². The summed E-state index contributed by atoms with van der Waals surface area (Å²) in [5.41, 5.74) is 0.0455. The highest BCUT2D eigenvalue weighted by Gasteiger charge is 2.13. The molecule has 0 aliphatic heterocycles. The summed E-state index contributed by atoms with van der Waals surface area (Å²) in [5, 5.41) is 3.29. The molecule has 1 heterocycles. The standard InChI is InChI=1S/C13H21N3O/c1-13(2,3)15-10-8-12(17)16(4)11-7-5-6-9-14-11/h5-7,9,15H,8,10H2,1-4H3. The van der Waals surface area contributed by atoms with Gasteiger partial charge in [0.15, 0.2) is 0 Å². The molecule has 0 saturated heterocycles. The van der Waals surface area contributed by atoms with Crippen LogP contribution in [0, 0.1) is 0 Å². The number of anilines is 1. The van der Waals surface area contributed by atoms with Gasteiger partial charge in [-0.05, 0) is 32.9 Å². The molecule has 4 nitrogen and oxygen atoms in total. The summed E-state index contributed by atoms with van der Waals surface area (Å²) in [6, 6.07) is 5.54. The lowest BCUT2D eigenvalue weighted by Gasteiger charge is -2.21. The zero-order valence-electron chi connectivity index (χ0n) is 11.0. The normalized spacial score (nSPS) is 11.3. The second kappa shape index (κ2) is 5.77. The fraction of sp³-hybridized carbons (Fsp3) is 0.538. The minimum absolute atomic E-state index is 0.0455. The average molecular weight is 235 g/mol. The van der Waals surface area contributed by atoms with Crippen LogP contribution in [-0.4, -0.2) is 30.0 Å². The SMILES string of the molecule is CN(C(=O)CCNC(C)(C)C)c1ccccn1. The summed E-state index contributed by atoms with van der Waals surface area (Å²) in [6.07, 6.45) is 2.16. The summed E-state index contributed by atoms with van der Waals surface area (Å²) >= 11 is 0. The first-order valence-electron chi connectivity index (χ1n) is 5.83. The molecule has 0 aliphatic carbocycles. The molecule has 0 saturated carbocycles. The Balaban J connectivity index is 2.43. The van der Waals surface area contributed by atoms with E-state index in [0.717, 1.165) is 0 Å². The van der Waals surface area contributed by atoms with Crippen LogP contribution in [0.25, 0.3) is 0 Å². The summed E-state index contributed by atoms with van der Waals surface area (Å²) in [5.74, 6) is 0.758. The fourth-order valence-electron chi connectivity index (χ4n) is 1.39. The van der Waals surface area contributed by atoms with Gasteiger partial charge in [0, 0.05) is 31.7 Å². The van der Waals surface area contributed by atoms with Gasteiger partial charge in [-0.25, -0.2) is 4.98 Å². The molecule has 1 aromatic heterocycles. The predicted molar refractivity (Wildman–Crippen MR) is 70.0 cm³/mol. The van der Waals surface area contributed by atoms with Crippen molar-refractivity contribution in [1.29, 1.82) is 0 Å². The third-order valence-corrected chi connectivity index (χ3v) is 2.36. The lowest BCUT2D eigenvalue weighted by molar-refractivity contribution is -0.118. The van der Waals surface area contributed by atoms with Gasteiger partial charge in [0.05, 0.1) is 0 Å². The van der Waals surface area contributed by atoms with Gasteiger partial charge in [-0.2, -0.15) is 0 Å². The van der Waals surface area contributed by atoms with Gasteiger partial charge in [-0.3, -0.25) is 9.69 Å². The third kappa shape index (κ3) is 4.95. The van der Waals surface area contributed by atoms with E-state index in [4.69, 9.17) is 0 Å². The van der Waals surface area contributed by atoms with E-state index in [9.17, 15) is 4.79 Å². The Hall–Kier alpha value is -1.42. The van der Waals surface area contributed by atoms with Crippen molar-refractivity contribution in [2.75, 3.05) is 18.5 Å². The van der Waals surface area contributed by atoms with Crippen molar-refractivity contribution in [2.45, 2.75) is 32.7 Å². The Bertz CT molecular complexity index is 357. The third-order valence-electron chi connectivity index (χ3n) is 2.36. The minimum atomic E-state index is 0.0455. The molecule has 1 aromatic rings. The van der Waals surface area contributed by atoms with Crippen LogP contribution in [0.3, 0.4) is 0 Å². The van der Waals surface area contributed by atoms with Gasteiger partial charge in [0.2, 0.25) is 5.91 Å². The Morgan fingerprint density at radius 3 is 2.65 bits per heavy atom. The first kappa shape index (κ1) is 13.6. The van der Waals surface area contributed by atoms with Crippen LogP contribution in [0.15, 0.2) is 24.4 Å². The second-order valence-electron chi connectivity index (χ2n) is 5.07. The zero-order chi connectivity index (χ0) is 12.9. The molecule has 0 radical (unpaired) electrons. The van der Waals surface area contributed by atoms with Crippen LogP contribution >= 0.6 is 0 Å². The van der Waals surface area contributed by atoms with Gasteiger partial charge in [-0.1, -0.05) is 6.07 Å². The van der Waals surface area contributed by atoms with Crippen molar-refractivity contribution < 1.29 is 4.79 Å². The maximum atomic E-state index is 11.9. The monoisotopic (exact) mass is 235 g/mol. The van der Waals surface area contributed by atoms with Crippen LogP contribution in [0.5, 0.6) is 0 Å². The number of carbonyl (C=O) groups excluding carboxylic acids is 1. The van der Waals surface area contributed by atoms with Crippen LogP contribution in [0.4, 0.5) is 5.82 Å². The van der Waals surface area contributed by atoms with Crippen molar-refractivity contribution in [3.05, 3.63) is 24.4 Å². The fourth-order valence-corrected chi connectivity index (χ4v) is 1.39. The molecule has 0 unspecified atom stereocenters. The van der Waals surface area contributed by atoms with Gasteiger partial charge in [0.1, 0.15) is 5.82 Å². The first-order chi connectivity index (χ1) is 7.90. The van der Waals surface area contributed by atoms with E-state index < -0.39 is 0 Å². The average Bonchev–Trinajstić information content (AvgIpc) is 2.27. The molecule has 1 amide bonds. The molecule has 94 valence electrons. The number of amides is 1. The maximum absolute atomic E-state index is 11.9. The summed E-state index contributed by atoms with van der Waals surface area (Å²) < 4.78 is 0. The molecule has 4 heteroatoms. The van der Waals surface area contributed by atoms with Crippen LogP contribution in [0.1, 0.15) is 27.2 Å². The highest BCUT2D eigenvalue weighted by atomic mass is 16.2. The van der Waals surface area contributed by atoms with E-state index in [1.54, 1.807) is 18.1 Å². The minimum Gasteiger partial charge on any atom is -0.312 e. The van der Waals surface area contributed by atoms with Crippen molar-refractivity contribution >= 4 is 11.7 Å². The first-order valence-corrected chi connectivity index (χ1v) is 5.83. The van der Waals surface area contributed by atoms with E-state index in [-0.39, 0.29) is 11.4 Å². The Morgan fingerprint density at radius 2 is 2.12 bits per heavy atom. The highest BCUT2D eigenvalue weighted by Crippen LogP contribution is 2.08. The van der Waals surface area contributed by atoms with E-state index in [1.807, 2.05) is 18.2 Å². The van der Waals surface area contributed by atoms with Crippen molar-refractivity contribution in [2.24, 2.45) is 0 Å². The number of nitrogens with one attached hydrogen (secondary N) is 1. The quantitative estimate of drug-likeness (QED) is 0.866. The van der Waals surface area contributed by atoms with E-state index >= 15 is 0 Å². The van der Waals surface area contributed by atoms with Crippen LogP contribution in [-0.2, 0) is 4.79 Å². The number of rotatable bonds is 4. The maximum Gasteiger partial charge on any atom is 0.229 e. The molecular formula is C13H21N3O. The largest absolute Gasteiger partial charge is 0.312 e. The Morgan fingerprint density at radius 1 is 1.41 bits per heavy atom. The number of carbonyl (C=O) groups is 1. The van der Waals surface area contributed by atoms with Gasteiger partial charge in [-0.15, -0.1) is 0 Å². The smallest absolute Gasteiger partial charge is 0.229 e. The summed E-state index contributed by atoms with van der Waals surface area (Å²) in [7, 11) is 1.75. The molecule has 0 aromatic carbocycles. The predicted octanol–water partition coefficient (Wildman–Crippen LogP) is 1.82. The number of aromatic nitrogens is 1. The Labute approximate surface area is 103 Å². The molecule has 0 aliphatic rings. The van der Waals surface area contributed by atoms with Crippen molar-refractivity contribution in [3.63, 3.8) is 0 Å². The zero-order valence-corrected chi connectivity index (χ0v) is 11.0. The molecule has 1 N–H and O–H groups in total. The molecule has 0 atom stereocenters. The van der Waals surface area contributed by atoms with Crippen molar-refractivity contribution in [1.82, 2.24) is 10.3 Å². The molecule has 0 bridgehead atoms. The van der Waals surface area contributed by atoms with E-state index in [2.05, 4.69) is 31.1 Å². The van der Waals surface area contributed by atoms with E-state index in [1.165, 1.54) is 0 Å². The Kier molecular flexibility index (Phi) is 4.63. The number of hydrogen-bond donors (Lipinski definition) is 1. The lowest BCUT2D eigenvalue weighted by atomic mass is 10.1. The molecule has 1 rings (SSSR count). The van der Waals surface area contributed by atoms with Crippen LogP contribution in [0.2, 0.25) is 0 Å². The number of nitrogens with zero attached hydrogens (tertiary/aromatic N) is 2. The number of hydrogen-bond acceptors (Lipinski definition) is 3. The topological polar surface area (TPSA) is 45.2 Å².